The molecule has 0 bridgehead atoms. The molecule has 1 aromatic heterocycles. The van der Waals surface area contributed by atoms with Crippen molar-refractivity contribution >= 4 is 43.2 Å². The van der Waals surface area contributed by atoms with Gasteiger partial charge in [-0.3, -0.25) is 0 Å². The first-order valence-electron chi connectivity index (χ1n) is 25.1. The van der Waals surface area contributed by atoms with Crippen molar-refractivity contribution in [1.29, 1.82) is 0 Å². The molecule has 11 aromatic carbocycles. The van der Waals surface area contributed by atoms with Crippen LogP contribution in [0.15, 0.2) is 273 Å². The Labute approximate surface area is 425 Å². The monoisotopic (exact) mass is 932 g/mol. The fraction of sp³-hybridized carbons (Fsp3) is 0.0423. The van der Waals surface area contributed by atoms with E-state index in [1.165, 1.54) is 120 Å². The van der Waals surface area contributed by atoms with Crippen molar-refractivity contribution in [2.45, 2.75) is 17.3 Å². The van der Waals surface area contributed by atoms with E-state index in [1.807, 2.05) is 11.3 Å². The predicted molar refractivity (Wildman–Crippen MR) is 304 cm³/mol. The van der Waals surface area contributed by atoms with E-state index in [9.17, 15) is 0 Å². The van der Waals surface area contributed by atoms with Gasteiger partial charge >= 0.3 is 0 Å². The first kappa shape index (κ1) is 42.3. The molecule has 1 heterocycles. The van der Waals surface area contributed by atoms with Crippen LogP contribution >= 0.6 is 11.3 Å². The Morgan fingerprint density at radius 1 is 0.347 bits per heavy atom. The largest absolute Gasteiger partial charge is 0.135 e. The molecule has 0 saturated heterocycles. The summed E-state index contributed by atoms with van der Waals surface area (Å²) in [4.78, 5) is 0. The van der Waals surface area contributed by atoms with Gasteiger partial charge < -0.3 is 0 Å². The van der Waals surface area contributed by atoms with Gasteiger partial charge in [0.15, 0.2) is 0 Å². The molecule has 0 nitrogen and oxygen atoms in total. The number of benzene rings is 11. The summed E-state index contributed by atoms with van der Waals surface area (Å²) in [5, 5.41) is 2.65. The summed E-state index contributed by atoms with van der Waals surface area (Å²) in [5.74, 6) is 0. The highest BCUT2D eigenvalue weighted by Gasteiger charge is 2.57. The minimum atomic E-state index is -0.583. The Morgan fingerprint density at radius 2 is 0.833 bits per heavy atom. The Morgan fingerprint density at radius 3 is 1.50 bits per heavy atom. The molecule has 0 amide bonds. The van der Waals surface area contributed by atoms with Crippen LogP contribution in [0.4, 0.5) is 0 Å². The molecule has 0 aliphatic heterocycles. The summed E-state index contributed by atoms with van der Waals surface area (Å²) in [6.07, 6.45) is 3.21. The topological polar surface area (TPSA) is 0 Å². The van der Waals surface area contributed by atoms with Crippen molar-refractivity contribution in [3.05, 3.63) is 334 Å². The van der Waals surface area contributed by atoms with E-state index in [0.717, 1.165) is 6.42 Å². The zero-order valence-electron chi connectivity index (χ0n) is 39.7. The maximum absolute atomic E-state index is 2.45. The minimum absolute atomic E-state index is 0.554. The van der Waals surface area contributed by atoms with Crippen LogP contribution in [0, 0.1) is 0 Å². The van der Waals surface area contributed by atoms with Crippen molar-refractivity contribution < 1.29 is 0 Å². The summed E-state index contributed by atoms with van der Waals surface area (Å²) < 4.78 is 2.67. The van der Waals surface area contributed by atoms with Gasteiger partial charge in [0, 0.05) is 20.2 Å². The predicted octanol–water partition coefficient (Wildman–Crippen LogP) is 18.2. The van der Waals surface area contributed by atoms with E-state index in [-0.39, 0.29) is 0 Å². The van der Waals surface area contributed by atoms with Crippen LogP contribution in [0.1, 0.15) is 61.2 Å². The van der Waals surface area contributed by atoms with Crippen molar-refractivity contribution in [2.75, 3.05) is 0 Å². The molecule has 72 heavy (non-hydrogen) atoms. The van der Waals surface area contributed by atoms with Gasteiger partial charge in [0.25, 0.3) is 0 Å². The molecule has 0 atom stereocenters. The van der Waals surface area contributed by atoms with E-state index in [0.29, 0.717) is 0 Å². The maximum atomic E-state index is 2.45. The molecular formula is C71H48S. The average Bonchev–Trinajstić information content (AvgIpc) is 4.00. The van der Waals surface area contributed by atoms with E-state index in [1.54, 1.807) is 0 Å². The molecule has 0 fully saturated rings. The Kier molecular flexibility index (Phi) is 10.0. The van der Waals surface area contributed by atoms with Gasteiger partial charge in [0.2, 0.25) is 0 Å². The molecule has 2 aliphatic carbocycles. The third-order valence-corrected chi connectivity index (χ3v) is 16.9. The van der Waals surface area contributed by atoms with Crippen LogP contribution in [0.3, 0.4) is 0 Å². The molecule has 338 valence electrons. The number of fused-ring (bicyclic) bond motifs is 12. The van der Waals surface area contributed by atoms with Crippen LogP contribution in [-0.4, -0.2) is 0 Å². The first-order chi connectivity index (χ1) is 35.7. The van der Waals surface area contributed by atoms with E-state index in [2.05, 4.69) is 279 Å². The average molecular weight is 933 g/mol. The highest BCUT2D eigenvalue weighted by atomic mass is 32.1. The van der Waals surface area contributed by atoms with Crippen molar-refractivity contribution in [1.82, 2.24) is 0 Å². The summed E-state index contributed by atoms with van der Waals surface area (Å²) in [5.41, 5.74) is 21.9. The van der Waals surface area contributed by atoms with Crippen molar-refractivity contribution in [3.8, 4) is 33.4 Å². The van der Waals surface area contributed by atoms with E-state index >= 15 is 0 Å². The van der Waals surface area contributed by atoms with Gasteiger partial charge in [0.05, 0.1) is 10.8 Å². The molecule has 0 unspecified atom stereocenters. The molecule has 1 spiro atoms. The van der Waals surface area contributed by atoms with Gasteiger partial charge in [-0.2, -0.15) is 0 Å². The molecule has 1 heteroatoms. The zero-order valence-corrected chi connectivity index (χ0v) is 40.5. The van der Waals surface area contributed by atoms with Crippen LogP contribution in [0.5, 0.6) is 0 Å². The highest BCUT2D eigenvalue weighted by Crippen LogP contribution is 2.65. The van der Waals surface area contributed by atoms with Crippen LogP contribution in [0.2, 0.25) is 0 Å². The molecular weight excluding hydrogens is 885 g/mol. The fourth-order valence-corrected chi connectivity index (χ4v) is 14.0. The van der Waals surface area contributed by atoms with E-state index < -0.39 is 10.8 Å². The standard InChI is InChI=1S/C71H48S/c1-4-20-50(21-5-1)51-42-38-48(39-43-51)46-53(47-49-40-44-52(45-41-49)57-29-18-30-59-58-26-11-17-37-67(58)72-69(57)59)56-28-19-36-66-68(56)60-27-10-12-31-61(60)71(66)64-34-15-13-32-62(64)70(54-22-6-2-7-23-54,55-24-8-3-9-25-55)63-33-14-16-35-65(63)71/h1-46H,47H2/b53-46-. The molecule has 0 N–H and O–H groups in total. The van der Waals surface area contributed by atoms with Crippen LogP contribution in [0.25, 0.3) is 65.2 Å². The van der Waals surface area contributed by atoms with Crippen molar-refractivity contribution in [2.24, 2.45) is 0 Å². The normalized spacial score (nSPS) is 13.9. The third kappa shape index (κ3) is 6.37. The maximum Gasteiger partial charge on any atom is 0.0720 e. The van der Waals surface area contributed by atoms with Gasteiger partial charge in [-0.25, -0.2) is 0 Å². The number of hydrogen-bond donors (Lipinski definition) is 0. The molecule has 0 saturated carbocycles. The van der Waals surface area contributed by atoms with Crippen LogP contribution < -0.4 is 0 Å². The van der Waals surface area contributed by atoms with E-state index in [4.69, 9.17) is 0 Å². The second kappa shape index (κ2) is 17.1. The Balaban J connectivity index is 0.973. The van der Waals surface area contributed by atoms with Crippen molar-refractivity contribution in [3.63, 3.8) is 0 Å². The minimum Gasteiger partial charge on any atom is -0.135 e. The van der Waals surface area contributed by atoms with Gasteiger partial charge in [-0.1, -0.05) is 273 Å². The Hall–Kier alpha value is -8.62. The quantitative estimate of drug-likeness (QED) is 0.133. The molecule has 14 rings (SSSR count). The lowest BCUT2D eigenvalue weighted by atomic mass is 9.51. The fourth-order valence-electron chi connectivity index (χ4n) is 12.7. The lowest BCUT2D eigenvalue weighted by Crippen LogP contribution is -2.44. The second-order valence-electron chi connectivity index (χ2n) is 19.4. The zero-order chi connectivity index (χ0) is 47.6. The molecule has 2 aliphatic rings. The van der Waals surface area contributed by atoms with Crippen LogP contribution in [-0.2, 0) is 17.3 Å². The summed E-state index contributed by atoms with van der Waals surface area (Å²) in [6.45, 7) is 0. The number of rotatable bonds is 8. The highest BCUT2D eigenvalue weighted by molar-refractivity contribution is 7.26. The second-order valence-corrected chi connectivity index (χ2v) is 20.5. The number of allylic oxidation sites excluding steroid dienone is 1. The molecule has 0 radical (unpaired) electrons. The summed E-state index contributed by atoms with van der Waals surface area (Å²) in [6, 6.07) is 102. The lowest BCUT2D eigenvalue weighted by Gasteiger charge is -2.50. The summed E-state index contributed by atoms with van der Waals surface area (Å²) >= 11 is 1.89. The molecule has 12 aromatic rings. The van der Waals surface area contributed by atoms with Gasteiger partial charge in [-0.05, 0) is 113 Å². The third-order valence-electron chi connectivity index (χ3n) is 15.7. The summed E-state index contributed by atoms with van der Waals surface area (Å²) in [7, 11) is 0. The van der Waals surface area contributed by atoms with Gasteiger partial charge in [-0.15, -0.1) is 11.3 Å². The number of hydrogen-bond acceptors (Lipinski definition) is 1. The number of thiophene rings is 1. The Bertz CT molecular complexity index is 3940. The SMILES string of the molecule is C(=C(\Cc1ccc(-c2cccc3c2sc2ccccc23)cc1)c1cccc2c1-c1ccccc1C21c2ccccc2C(c2ccccc2)(c2ccccc2)c2ccccc21)/c1ccc(-c2ccccc2)cc1. The smallest absolute Gasteiger partial charge is 0.0720 e. The first-order valence-corrected chi connectivity index (χ1v) is 25.9. The lowest BCUT2D eigenvalue weighted by molar-refractivity contribution is 0.623. The van der Waals surface area contributed by atoms with Gasteiger partial charge in [0.1, 0.15) is 0 Å².